The number of rotatable bonds is 7. The molecule has 1 aromatic rings. The molecule has 3 N–H and O–H groups in total. The lowest BCUT2D eigenvalue weighted by molar-refractivity contribution is 0.223. The van der Waals surface area contributed by atoms with Gasteiger partial charge in [0.1, 0.15) is 11.5 Å². The third-order valence-electron chi connectivity index (χ3n) is 2.85. The molecular formula is C14H23NO3. The molecule has 18 heavy (non-hydrogen) atoms. The Morgan fingerprint density at radius 1 is 1.33 bits per heavy atom. The molecule has 0 aliphatic heterocycles. The van der Waals surface area contributed by atoms with Crippen LogP contribution in [0.15, 0.2) is 18.2 Å². The monoisotopic (exact) mass is 253 g/mol. The molecule has 0 aliphatic rings. The molecule has 0 saturated heterocycles. The molecule has 1 unspecified atom stereocenters. The Kier molecular flexibility index (Phi) is 5.95. The molecule has 0 radical (unpaired) electrons. The van der Waals surface area contributed by atoms with Crippen LogP contribution in [0.4, 0.5) is 0 Å². The zero-order valence-corrected chi connectivity index (χ0v) is 11.3. The molecule has 0 heterocycles. The van der Waals surface area contributed by atoms with Crippen LogP contribution in [-0.2, 0) is 6.54 Å². The van der Waals surface area contributed by atoms with E-state index in [1.165, 1.54) is 0 Å². The third-order valence-corrected chi connectivity index (χ3v) is 2.85. The minimum absolute atomic E-state index is 0.0616. The van der Waals surface area contributed by atoms with Crippen molar-refractivity contribution in [3.8, 4) is 11.5 Å². The van der Waals surface area contributed by atoms with Gasteiger partial charge in [-0.2, -0.15) is 0 Å². The van der Waals surface area contributed by atoms with Crippen LogP contribution in [0.1, 0.15) is 25.8 Å². The molecule has 1 aromatic carbocycles. The fourth-order valence-electron chi connectivity index (χ4n) is 1.87. The molecule has 102 valence electrons. The Labute approximate surface area is 109 Å². The highest BCUT2D eigenvalue weighted by molar-refractivity contribution is 5.39. The van der Waals surface area contributed by atoms with E-state index in [-0.39, 0.29) is 18.4 Å². The summed E-state index contributed by atoms with van der Waals surface area (Å²) in [6.07, 6.45) is 0.910. The minimum Gasteiger partial charge on any atom is -0.507 e. The lowest BCUT2D eigenvalue weighted by Gasteiger charge is -2.18. The van der Waals surface area contributed by atoms with Crippen LogP contribution < -0.4 is 10.1 Å². The van der Waals surface area contributed by atoms with Crippen LogP contribution in [-0.4, -0.2) is 30.0 Å². The van der Waals surface area contributed by atoms with E-state index >= 15 is 0 Å². The van der Waals surface area contributed by atoms with Crippen LogP contribution in [0.3, 0.4) is 0 Å². The molecular weight excluding hydrogens is 230 g/mol. The summed E-state index contributed by atoms with van der Waals surface area (Å²) in [6, 6.07) is 5.29. The standard InChI is InChI=1S/C14H23NO3/c1-10(2)6-12(9-16)15-8-11-4-5-13(18-3)7-14(11)17/h4-5,7,10,12,15-17H,6,8-9H2,1-3H3. The lowest BCUT2D eigenvalue weighted by Crippen LogP contribution is -2.33. The van der Waals surface area contributed by atoms with Crippen LogP contribution in [0.25, 0.3) is 0 Å². The van der Waals surface area contributed by atoms with E-state index in [4.69, 9.17) is 4.74 Å². The number of ether oxygens (including phenoxy) is 1. The number of aliphatic hydroxyl groups excluding tert-OH is 1. The molecule has 0 aromatic heterocycles. The first-order valence-electron chi connectivity index (χ1n) is 6.27. The third kappa shape index (κ3) is 4.55. The smallest absolute Gasteiger partial charge is 0.123 e. The van der Waals surface area contributed by atoms with Gasteiger partial charge in [0.15, 0.2) is 0 Å². The summed E-state index contributed by atoms with van der Waals surface area (Å²) in [4.78, 5) is 0. The first kappa shape index (κ1) is 14.8. The molecule has 0 bridgehead atoms. The number of hydrogen-bond acceptors (Lipinski definition) is 4. The lowest BCUT2D eigenvalue weighted by atomic mass is 10.0. The Bertz CT molecular complexity index is 366. The van der Waals surface area contributed by atoms with Gasteiger partial charge in [-0.3, -0.25) is 0 Å². The quantitative estimate of drug-likeness (QED) is 0.694. The number of nitrogens with one attached hydrogen (secondary N) is 1. The number of aromatic hydroxyl groups is 1. The summed E-state index contributed by atoms with van der Waals surface area (Å²) in [6.45, 7) is 4.88. The van der Waals surface area contributed by atoms with Crippen molar-refractivity contribution in [3.63, 3.8) is 0 Å². The second-order valence-corrected chi connectivity index (χ2v) is 4.88. The van der Waals surface area contributed by atoms with Gasteiger partial charge in [0.05, 0.1) is 13.7 Å². The second-order valence-electron chi connectivity index (χ2n) is 4.88. The predicted molar refractivity (Wildman–Crippen MR) is 71.8 cm³/mol. The van der Waals surface area contributed by atoms with E-state index in [1.807, 2.05) is 12.1 Å². The maximum Gasteiger partial charge on any atom is 0.123 e. The number of aliphatic hydroxyl groups is 1. The highest BCUT2D eigenvalue weighted by atomic mass is 16.5. The average Bonchev–Trinajstić information content (AvgIpc) is 2.35. The minimum atomic E-state index is 0.0616. The number of methoxy groups -OCH3 is 1. The van der Waals surface area contributed by atoms with E-state index in [1.54, 1.807) is 13.2 Å². The molecule has 0 fully saturated rings. The summed E-state index contributed by atoms with van der Waals surface area (Å²) >= 11 is 0. The van der Waals surface area contributed by atoms with Gasteiger partial charge in [-0.05, 0) is 18.4 Å². The van der Waals surface area contributed by atoms with Crippen molar-refractivity contribution in [1.29, 1.82) is 0 Å². The fraction of sp³-hybridized carbons (Fsp3) is 0.571. The fourth-order valence-corrected chi connectivity index (χ4v) is 1.87. The van der Waals surface area contributed by atoms with Gasteiger partial charge in [0.25, 0.3) is 0 Å². The van der Waals surface area contributed by atoms with E-state index in [2.05, 4.69) is 19.2 Å². The van der Waals surface area contributed by atoms with Crippen molar-refractivity contribution in [3.05, 3.63) is 23.8 Å². The predicted octanol–water partition coefficient (Wildman–Crippen LogP) is 1.90. The van der Waals surface area contributed by atoms with Gasteiger partial charge in [-0.15, -0.1) is 0 Å². The number of hydrogen-bond donors (Lipinski definition) is 3. The Morgan fingerprint density at radius 2 is 2.06 bits per heavy atom. The molecule has 0 aliphatic carbocycles. The largest absolute Gasteiger partial charge is 0.507 e. The van der Waals surface area contributed by atoms with Gasteiger partial charge in [-0.1, -0.05) is 19.9 Å². The number of phenols is 1. The van der Waals surface area contributed by atoms with Crippen LogP contribution >= 0.6 is 0 Å². The number of phenolic OH excluding ortho intramolecular Hbond substituents is 1. The second kappa shape index (κ2) is 7.24. The van der Waals surface area contributed by atoms with Crippen LogP contribution in [0.5, 0.6) is 11.5 Å². The SMILES string of the molecule is COc1ccc(CNC(CO)CC(C)C)c(O)c1. The van der Waals surface area contributed by atoms with Crippen molar-refractivity contribution in [1.82, 2.24) is 5.32 Å². The van der Waals surface area contributed by atoms with Gasteiger partial charge in [0, 0.05) is 24.2 Å². The van der Waals surface area contributed by atoms with Gasteiger partial charge >= 0.3 is 0 Å². The zero-order valence-electron chi connectivity index (χ0n) is 11.3. The van der Waals surface area contributed by atoms with Gasteiger partial charge in [-0.25, -0.2) is 0 Å². The first-order valence-corrected chi connectivity index (χ1v) is 6.27. The summed E-state index contributed by atoms with van der Waals surface area (Å²) in [7, 11) is 1.57. The summed E-state index contributed by atoms with van der Waals surface area (Å²) in [5.41, 5.74) is 0.804. The molecule has 0 saturated carbocycles. The Morgan fingerprint density at radius 3 is 2.56 bits per heavy atom. The first-order chi connectivity index (χ1) is 8.56. The number of benzene rings is 1. The highest BCUT2D eigenvalue weighted by Gasteiger charge is 2.10. The van der Waals surface area contributed by atoms with Crippen molar-refractivity contribution in [2.45, 2.75) is 32.9 Å². The highest BCUT2D eigenvalue weighted by Crippen LogP contribution is 2.23. The summed E-state index contributed by atoms with van der Waals surface area (Å²) < 4.78 is 5.03. The van der Waals surface area contributed by atoms with Crippen molar-refractivity contribution in [2.75, 3.05) is 13.7 Å². The summed E-state index contributed by atoms with van der Waals surface area (Å²) in [5, 5.41) is 22.3. The average molecular weight is 253 g/mol. The molecule has 0 spiro atoms. The molecule has 4 heteroatoms. The van der Waals surface area contributed by atoms with E-state index in [0.717, 1.165) is 12.0 Å². The maximum absolute atomic E-state index is 9.81. The maximum atomic E-state index is 9.81. The topological polar surface area (TPSA) is 61.7 Å². The van der Waals surface area contributed by atoms with Crippen LogP contribution in [0, 0.1) is 5.92 Å². The van der Waals surface area contributed by atoms with Crippen molar-refractivity contribution >= 4 is 0 Å². The Balaban J connectivity index is 2.56. The van der Waals surface area contributed by atoms with Crippen LogP contribution in [0.2, 0.25) is 0 Å². The van der Waals surface area contributed by atoms with Crippen molar-refractivity contribution in [2.24, 2.45) is 5.92 Å². The molecule has 4 nitrogen and oxygen atoms in total. The normalized spacial score (nSPS) is 12.7. The molecule has 0 amide bonds. The van der Waals surface area contributed by atoms with E-state index in [9.17, 15) is 10.2 Å². The van der Waals surface area contributed by atoms with Crippen molar-refractivity contribution < 1.29 is 14.9 Å². The Hall–Kier alpha value is -1.26. The molecule has 1 rings (SSSR count). The zero-order chi connectivity index (χ0) is 13.5. The van der Waals surface area contributed by atoms with Gasteiger partial charge in [0.2, 0.25) is 0 Å². The van der Waals surface area contributed by atoms with E-state index in [0.29, 0.717) is 18.2 Å². The molecule has 1 atom stereocenters. The van der Waals surface area contributed by atoms with Gasteiger partial charge < -0.3 is 20.3 Å². The summed E-state index contributed by atoms with van der Waals surface area (Å²) in [5.74, 6) is 1.37. The van der Waals surface area contributed by atoms with E-state index < -0.39 is 0 Å².